The van der Waals surface area contributed by atoms with Crippen molar-refractivity contribution in [2.45, 2.75) is 81.8 Å². The Balaban J connectivity index is 3.43. The van der Waals surface area contributed by atoms with Crippen LogP contribution in [0.25, 0.3) is 0 Å². The van der Waals surface area contributed by atoms with Crippen molar-refractivity contribution in [3.8, 4) is 0 Å². The van der Waals surface area contributed by atoms with Crippen LogP contribution in [-0.4, -0.2) is 21.6 Å². The van der Waals surface area contributed by atoms with Gasteiger partial charge in [-0.05, 0) is 63.1 Å². The Kier molecular flexibility index (Phi) is 10.0. The maximum absolute atomic E-state index is 5.96. The maximum atomic E-state index is 5.96. The van der Waals surface area contributed by atoms with Crippen LogP contribution in [0.15, 0.2) is 4.99 Å². The predicted octanol–water partition coefficient (Wildman–Crippen LogP) is 3.53. The van der Waals surface area contributed by atoms with Crippen LogP contribution in [0.4, 0.5) is 0 Å². The summed E-state index contributed by atoms with van der Waals surface area (Å²) in [5.41, 5.74) is 11.8. The highest BCUT2D eigenvalue weighted by molar-refractivity contribution is 14.1. The summed E-state index contributed by atoms with van der Waals surface area (Å²) >= 11 is 2.16. The lowest BCUT2D eigenvalue weighted by atomic mass is 9.97. The lowest BCUT2D eigenvalue weighted by Gasteiger charge is -2.19. The van der Waals surface area contributed by atoms with Gasteiger partial charge in [-0.1, -0.05) is 32.1 Å². The Bertz CT molecular complexity index is 277. The molecule has 5 N–H and O–H groups in total. The highest BCUT2D eigenvalue weighted by Crippen LogP contribution is 2.13. The number of nitrogens with zero attached hydrogens (tertiary/aromatic N) is 1. The number of hydrogen-bond donors (Lipinski definition) is 3. The second kappa shape index (κ2) is 9.95. The number of nitrogens with two attached hydrogens (primary N) is 2. The van der Waals surface area contributed by atoms with Gasteiger partial charge in [0.25, 0.3) is 0 Å². The van der Waals surface area contributed by atoms with E-state index in [9.17, 15) is 0 Å². The summed E-state index contributed by atoms with van der Waals surface area (Å²) in [6, 6.07) is 0. The number of unbranched alkanes of at least 4 members (excludes halogenated alkanes) is 5. The van der Waals surface area contributed by atoms with E-state index >= 15 is 0 Å². The lowest BCUT2D eigenvalue weighted by Crippen LogP contribution is -2.47. The molecule has 1 unspecified atom stereocenters. The molecule has 20 heavy (non-hydrogen) atoms. The molecule has 0 aromatic carbocycles. The van der Waals surface area contributed by atoms with Crippen LogP contribution in [0.5, 0.6) is 0 Å². The van der Waals surface area contributed by atoms with Gasteiger partial charge in [0.2, 0.25) is 0 Å². The third-order valence-electron chi connectivity index (χ3n) is 3.00. The molecule has 4 nitrogen and oxygen atoms in total. The summed E-state index contributed by atoms with van der Waals surface area (Å²) in [7, 11) is 0. The molecular formula is C15H33IN4. The average Bonchev–Trinajstić information content (AvgIpc) is 2.22. The fraction of sp³-hybridized carbons (Fsp3) is 0.933. The summed E-state index contributed by atoms with van der Waals surface area (Å²) in [6.07, 6.45) is 8.69. The Morgan fingerprint density at radius 1 is 1.00 bits per heavy atom. The number of halogens is 1. The van der Waals surface area contributed by atoms with E-state index in [0.29, 0.717) is 0 Å². The highest BCUT2D eigenvalue weighted by Gasteiger charge is 2.11. The van der Waals surface area contributed by atoms with E-state index in [0.717, 1.165) is 25.2 Å². The zero-order valence-corrected chi connectivity index (χ0v) is 15.8. The van der Waals surface area contributed by atoms with E-state index in [1.807, 2.05) is 13.8 Å². The minimum Gasteiger partial charge on any atom is -0.348 e. The third-order valence-corrected chi connectivity index (χ3v) is 3.27. The van der Waals surface area contributed by atoms with Crippen molar-refractivity contribution < 1.29 is 0 Å². The van der Waals surface area contributed by atoms with Crippen molar-refractivity contribution in [3.05, 3.63) is 0 Å². The van der Waals surface area contributed by atoms with Crippen LogP contribution in [-0.2, 0) is 0 Å². The molecular weight excluding hydrogens is 363 g/mol. The van der Waals surface area contributed by atoms with E-state index in [1.165, 1.54) is 32.1 Å². The fourth-order valence-corrected chi connectivity index (χ4v) is 2.43. The molecule has 5 heteroatoms. The molecule has 0 aliphatic carbocycles. The number of nitrogens with one attached hydrogen (secondary N) is 1. The van der Waals surface area contributed by atoms with Crippen LogP contribution in [0.2, 0.25) is 0 Å². The summed E-state index contributed by atoms with van der Waals surface area (Å²) in [5.74, 6) is 0.926. The van der Waals surface area contributed by atoms with Crippen LogP contribution in [0, 0.1) is 0 Å². The molecule has 0 radical (unpaired) electrons. The zero-order chi connectivity index (χ0) is 15.6. The van der Waals surface area contributed by atoms with E-state index in [4.69, 9.17) is 11.5 Å². The van der Waals surface area contributed by atoms with Gasteiger partial charge in [0.05, 0.1) is 5.84 Å². The molecule has 0 rings (SSSR count). The van der Waals surface area contributed by atoms with E-state index in [1.54, 1.807) is 0 Å². The Hall–Kier alpha value is 0.120. The molecule has 0 heterocycles. The molecule has 0 aliphatic heterocycles. The minimum atomic E-state index is -0.415. The molecule has 0 amide bonds. The summed E-state index contributed by atoms with van der Waals surface area (Å²) in [5, 5.41) is 3.15. The van der Waals surface area contributed by atoms with Gasteiger partial charge < -0.3 is 16.8 Å². The van der Waals surface area contributed by atoms with Crippen LogP contribution >= 0.6 is 22.6 Å². The quantitative estimate of drug-likeness (QED) is 0.101. The fourth-order valence-electron chi connectivity index (χ4n) is 2.04. The summed E-state index contributed by atoms with van der Waals surface area (Å²) < 4.78 is -0.415. The molecule has 0 saturated heterocycles. The van der Waals surface area contributed by atoms with Crippen molar-refractivity contribution in [1.82, 2.24) is 5.32 Å². The first kappa shape index (κ1) is 20.1. The van der Waals surface area contributed by atoms with Gasteiger partial charge in [-0.2, -0.15) is 0 Å². The van der Waals surface area contributed by atoms with Crippen molar-refractivity contribution in [2.75, 3.05) is 6.54 Å². The third kappa shape index (κ3) is 16.2. The maximum Gasteiger partial charge on any atom is 0.137 e. The standard InChI is InChI=1S/C15H33IN4/c1-13(20-15(4,16)18)19-12-10-8-6-5-7-9-11-14(2,3)17/h5-12,17-18H2,1-4H3,(H,19,20). The monoisotopic (exact) mass is 396 g/mol. The van der Waals surface area contributed by atoms with Crippen LogP contribution in [0.3, 0.4) is 0 Å². The number of aliphatic imine (C=N–C) groups is 1. The highest BCUT2D eigenvalue weighted by atomic mass is 127. The Morgan fingerprint density at radius 3 is 2.00 bits per heavy atom. The first-order valence-electron chi connectivity index (χ1n) is 7.66. The first-order valence-corrected chi connectivity index (χ1v) is 8.74. The molecule has 0 bridgehead atoms. The van der Waals surface area contributed by atoms with Crippen molar-refractivity contribution in [2.24, 2.45) is 16.5 Å². The molecule has 120 valence electrons. The summed E-state index contributed by atoms with van der Waals surface area (Å²) in [4.78, 5) is 4.48. The van der Waals surface area contributed by atoms with Gasteiger partial charge in [-0.15, -0.1) is 0 Å². The van der Waals surface area contributed by atoms with Gasteiger partial charge in [0, 0.05) is 12.1 Å². The zero-order valence-electron chi connectivity index (χ0n) is 13.6. The van der Waals surface area contributed by atoms with Gasteiger partial charge in [0.1, 0.15) is 3.67 Å². The van der Waals surface area contributed by atoms with E-state index in [-0.39, 0.29) is 5.54 Å². The van der Waals surface area contributed by atoms with Gasteiger partial charge in [0.15, 0.2) is 0 Å². The molecule has 0 spiro atoms. The normalized spacial score (nSPS) is 16.1. The summed E-state index contributed by atoms with van der Waals surface area (Å²) in [6.45, 7) is 8.99. The van der Waals surface area contributed by atoms with Crippen molar-refractivity contribution in [1.29, 1.82) is 0 Å². The predicted molar refractivity (Wildman–Crippen MR) is 98.3 cm³/mol. The largest absolute Gasteiger partial charge is 0.348 e. The molecule has 0 aromatic rings. The van der Waals surface area contributed by atoms with Gasteiger partial charge >= 0.3 is 0 Å². The molecule has 1 atom stereocenters. The first-order chi connectivity index (χ1) is 9.10. The molecule has 0 aliphatic rings. The van der Waals surface area contributed by atoms with E-state index < -0.39 is 3.67 Å². The van der Waals surface area contributed by atoms with Gasteiger partial charge in [-0.25, -0.2) is 0 Å². The van der Waals surface area contributed by atoms with Crippen molar-refractivity contribution >= 4 is 28.4 Å². The minimum absolute atomic E-state index is 0.00457. The SMILES string of the molecule is CC(=NCCCCCCCCC(C)(C)N)NC(C)(N)I. The number of hydrogen-bond acceptors (Lipinski definition) is 3. The average molecular weight is 396 g/mol. The Labute approximate surface area is 138 Å². The molecule has 0 saturated carbocycles. The number of rotatable bonds is 10. The second-order valence-electron chi connectivity index (χ2n) is 6.53. The molecule has 0 fully saturated rings. The number of alkyl halides is 1. The Morgan fingerprint density at radius 2 is 1.50 bits per heavy atom. The number of amidine groups is 1. The van der Waals surface area contributed by atoms with Crippen molar-refractivity contribution in [3.63, 3.8) is 0 Å². The van der Waals surface area contributed by atoms with E-state index in [2.05, 4.69) is 46.7 Å². The van der Waals surface area contributed by atoms with Crippen LogP contribution < -0.4 is 16.8 Å². The topological polar surface area (TPSA) is 76.4 Å². The molecule has 0 aromatic heterocycles. The lowest BCUT2D eigenvalue weighted by molar-refractivity contribution is 0.441. The van der Waals surface area contributed by atoms with Crippen LogP contribution in [0.1, 0.15) is 72.6 Å². The smallest absolute Gasteiger partial charge is 0.137 e. The van der Waals surface area contributed by atoms with Gasteiger partial charge in [-0.3, -0.25) is 4.99 Å². The second-order valence-corrected chi connectivity index (χ2v) is 8.77.